The SMILES string of the molecule is C=CC1C2C=CC(C2)C1CC(C)C. The van der Waals surface area contributed by atoms with Gasteiger partial charge in [-0.25, -0.2) is 0 Å². The standard InChI is InChI=1S/C13H20/c1-4-12-10-5-6-11(8-10)13(12)7-9(2)3/h4-6,9-13H,1,7-8H2,2-3H3. The number of allylic oxidation sites excluding steroid dienone is 3. The molecule has 4 unspecified atom stereocenters. The first-order valence-corrected chi connectivity index (χ1v) is 5.53. The summed E-state index contributed by atoms with van der Waals surface area (Å²) in [6.45, 7) is 8.64. The van der Waals surface area contributed by atoms with Gasteiger partial charge in [0, 0.05) is 0 Å². The van der Waals surface area contributed by atoms with Crippen LogP contribution >= 0.6 is 0 Å². The second-order valence-corrected chi connectivity index (χ2v) is 5.05. The lowest BCUT2D eigenvalue weighted by molar-refractivity contribution is 0.305. The van der Waals surface area contributed by atoms with Gasteiger partial charge in [0.2, 0.25) is 0 Å². The molecule has 0 aromatic carbocycles. The van der Waals surface area contributed by atoms with Crippen LogP contribution in [0.5, 0.6) is 0 Å². The van der Waals surface area contributed by atoms with E-state index in [2.05, 4.69) is 38.7 Å². The fourth-order valence-electron chi connectivity index (χ4n) is 3.19. The molecular formula is C13H20. The molecule has 2 rings (SSSR count). The fourth-order valence-corrected chi connectivity index (χ4v) is 3.19. The van der Waals surface area contributed by atoms with Crippen molar-refractivity contribution in [3.63, 3.8) is 0 Å². The van der Waals surface area contributed by atoms with Crippen LogP contribution < -0.4 is 0 Å². The highest BCUT2D eigenvalue weighted by Crippen LogP contribution is 2.50. The third-order valence-corrected chi connectivity index (χ3v) is 3.70. The summed E-state index contributed by atoms with van der Waals surface area (Å²) in [5, 5.41) is 0. The molecule has 0 aliphatic heterocycles. The van der Waals surface area contributed by atoms with Crippen molar-refractivity contribution in [2.75, 3.05) is 0 Å². The molecule has 0 spiro atoms. The van der Waals surface area contributed by atoms with Crippen LogP contribution in [0.25, 0.3) is 0 Å². The summed E-state index contributed by atoms with van der Waals surface area (Å²) in [6, 6.07) is 0. The first-order valence-electron chi connectivity index (χ1n) is 5.53. The summed E-state index contributed by atoms with van der Waals surface area (Å²) in [7, 11) is 0. The molecule has 2 aliphatic carbocycles. The van der Waals surface area contributed by atoms with Crippen LogP contribution in [0.2, 0.25) is 0 Å². The number of hydrogen-bond acceptors (Lipinski definition) is 0. The minimum atomic E-state index is 0.775. The molecule has 4 atom stereocenters. The number of fused-ring (bicyclic) bond motifs is 2. The van der Waals surface area contributed by atoms with Gasteiger partial charge in [0.15, 0.2) is 0 Å². The molecule has 13 heavy (non-hydrogen) atoms. The summed E-state index contributed by atoms with van der Waals surface area (Å²) in [5.74, 6) is 4.20. The van der Waals surface area contributed by atoms with Crippen molar-refractivity contribution >= 4 is 0 Å². The van der Waals surface area contributed by atoms with Crippen molar-refractivity contribution in [1.29, 1.82) is 0 Å². The zero-order valence-corrected chi connectivity index (χ0v) is 8.74. The van der Waals surface area contributed by atoms with Gasteiger partial charge in [-0.3, -0.25) is 0 Å². The quantitative estimate of drug-likeness (QED) is 0.576. The third-order valence-electron chi connectivity index (χ3n) is 3.70. The van der Waals surface area contributed by atoms with Gasteiger partial charge in [0.1, 0.15) is 0 Å². The molecule has 0 heteroatoms. The third kappa shape index (κ3) is 1.47. The molecule has 0 N–H and O–H groups in total. The van der Waals surface area contributed by atoms with Crippen molar-refractivity contribution in [3.8, 4) is 0 Å². The van der Waals surface area contributed by atoms with Crippen molar-refractivity contribution in [3.05, 3.63) is 24.8 Å². The molecule has 1 saturated carbocycles. The Morgan fingerprint density at radius 3 is 2.69 bits per heavy atom. The first-order chi connectivity index (χ1) is 6.22. The minimum absolute atomic E-state index is 0.775. The maximum atomic E-state index is 3.99. The average Bonchev–Trinajstić information content (AvgIpc) is 2.62. The summed E-state index contributed by atoms with van der Waals surface area (Å²) >= 11 is 0. The van der Waals surface area contributed by atoms with Crippen molar-refractivity contribution in [1.82, 2.24) is 0 Å². The molecule has 0 saturated heterocycles. The van der Waals surface area contributed by atoms with Crippen LogP contribution in [0, 0.1) is 29.6 Å². The van der Waals surface area contributed by atoms with E-state index in [0.717, 1.165) is 29.6 Å². The Kier molecular flexibility index (Phi) is 2.31. The predicted molar refractivity (Wildman–Crippen MR) is 57.4 cm³/mol. The highest BCUT2D eigenvalue weighted by atomic mass is 14.5. The highest BCUT2D eigenvalue weighted by Gasteiger charge is 2.42. The molecule has 2 bridgehead atoms. The van der Waals surface area contributed by atoms with E-state index in [4.69, 9.17) is 0 Å². The molecule has 0 nitrogen and oxygen atoms in total. The molecule has 72 valence electrons. The Morgan fingerprint density at radius 1 is 1.38 bits per heavy atom. The normalized spacial score (nSPS) is 41.8. The molecule has 0 amide bonds. The Bertz CT molecular complexity index is 224. The fraction of sp³-hybridized carbons (Fsp3) is 0.692. The van der Waals surface area contributed by atoms with Crippen LogP contribution in [0.4, 0.5) is 0 Å². The predicted octanol–water partition coefficient (Wildman–Crippen LogP) is 3.66. The van der Waals surface area contributed by atoms with E-state index in [0.29, 0.717) is 0 Å². The number of hydrogen-bond donors (Lipinski definition) is 0. The lowest BCUT2D eigenvalue weighted by Crippen LogP contribution is -2.19. The molecular weight excluding hydrogens is 156 g/mol. The van der Waals surface area contributed by atoms with Gasteiger partial charge in [0.05, 0.1) is 0 Å². The van der Waals surface area contributed by atoms with Crippen molar-refractivity contribution < 1.29 is 0 Å². The topological polar surface area (TPSA) is 0 Å². The summed E-state index contributed by atoms with van der Waals surface area (Å²) in [5.41, 5.74) is 0. The zero-order chi connectivity index (χ0) is 9.42. The van der Waals surface area contributed by atoms with E-state index >= 15 is 0 Å². The second kappa shape index (κ2) is 3.32. The Hall–Kier alpha value is -0.520. The molecule has 0 aromatic rings. The maximum Gasteiger partial charge on any atom is -0.0139 e. The van der Waals surface area contributed by atoms with Crippen LogP contribution in [0.3, 0.4) is 0 Å². The van der Waals surface area contributed by atoms with Gasteiger partial charge in [-0.2, -0.15) is 0 Å². The lowest BCUT2D eigenvalue weighted by Gasteiger charge is -2.26. The van der Waals surface area contributed by atoms with Crippen LogP contribution in [0.15, 0.2) is 24.8 Å². The van der Waals surface area contributed by atoms with Gasteiger partial charge in [0.25, 0.3) is 0 Å². The smallest absolute Gasteiger partial charge is 0.0139 e. The van der Waals surface area contributed by atoms with Gasteiger partial charge in [-0.05, 0) is 42.4 Å². The van der Waals surface area contributed by atoms with Crippen LogP contribution in [-0.2, 0) is 0 Å². The van der Waals surface area contributed by atoms with E-state index in [-0.39, 0.29) is 0 Å². The summed E-state index contributed by atoms with van der Waals surface area (Å²) < 4.78 is 0. The molecule has 0 radical (unpaired) electrons. The van der Waals surface area contributed by atoms with E-state index < -0.39 is 0 Å². The maximum absolute atomic E-state index is 3.99. The zero-order valence-electron chi connectivity index (χ0n) is 8.74. The van der Waals surface area contributed by atoms with Gasteiger partial charge in [-0.1, -0.05) is 32.1 Å². The van der Waals surface area contributed by atoms with E-state index in [1.807, 2.05) is 0 Å². The van der Waals surface area contributed by atoms with E-state index in [1.165, 1.54) is 12.8 Å². The first kappa shape index (κ1) is 9.05. The van der Waals surface area contributed by atoms with Crippen LogP contribution in [0.1, 0.15) is 26.7 Å². The largest absolute Gasteiger partial charge is 0.103 e. The minimum Gasteiger partial charge on any atom is -0.103 e. The molecule has 0 heterocycles. The van der Waals surface area contributed by atoms with Gasteiger partial charge >= 0.3 is 0 Å². The van der Waals surface area contributed by atoms with E-state index in [9.17, 15) is 0 Å². The molecule has 1 fully saturated rings. The van der Waals surface area contributed by atoms with E-state index in [1.54, 1.807) is 0 Å². The van der Waals surface area contributed by atoms with Crippen molar-refractivity contribution in [2.45, 2.75) is 26.7 Å². The summed E-state index contributed by atoms with van der Waals surface area (Å²) in [4.78, 5) is 0. The average molecular weight is 176 g/mol. The monoisotopic (exact) mass is 176 g/mol. The van der Waals surface area contributed by atoms with Crippen molar-refractivity contribution in [2.24, 2.45) is 29.6 Å². The Labute approximate surface area is 81.7 Å². The Balaban J connectivity index is 2.09. The summed E-state index contributed by atoms with van der Waals surface area (Å²) in [6.07, 6.45) is 9.82. The van der Waals surface area contributed by atoms with Gasteiger partial charge in [-0.15, -0.1) is 6.58 Å². The highest BCUT2D eigenvalue weighted by molar-refractivity contribution is 5.16. The molecule has 2 aliphatic rings. The second-order valence-electron chi connectivity index (χ2n) is 5.05. The number of rotatable bonds is 3. The lowest BCUT2D eigenvalue weighted by atomic mass is 9.78. The Morgan fingerprint density at radius 2 is 2.08 bits per heavy atom. The molecule has 0 aromatic heterocycles. The van der Waals surface area contributed by atoms with Crippen LogP contribution in [-0.4, -0.2) is 0 Å². The van der Waals surface area contributed by atoms with Gasteiger partial charge < -0.3 is 0 Å².